The van der Waals surface area contributed by atoms with E-state index < -0.39 is 0 Å². The minimum atomic E-state index is 0.484. The number of nitrogens with two attached hydrogens (primary N) is 1. The zero-order valence-electron chi connectivity index (χ0n) is 11.3. The van der Waals surface area contributed by atoms with Gasteiger partial charge in [0.05, 0.1) is 18.5 Å². The van der Waals surface area contributed by atoms with E-state index in [1.807, 2.05) is 31.6 Å². The van der Waals surface area contributed by atoms with Gasteiger partial charge >= 0.3 is 0 Å². The van der Waals surface area contributed by atoms with Crippen LogP contribution in [0.2, 0.25) is 0 Å². The zero-order chi connectivity index (χ0) is 13.3. The molecule has 0 unspecified atom stereocenters. The molecule has 0 radical (unpaired) electrons. The second kappa shape index (κ2) is 4.82. The maximum Gasteiger partial charge on any atom is 0.121 e. The molecule has 1 aromatic heterocycles. The van der Waals surface area contributed by atoms with Gasteiger partial charge in [-0.25, -0.2) is 0 Å². The second-order valence-corrected chi connectivity index (χ2v) is 4.42. The van der Waals surface area contributed by atoms with E-state index in [1.165, 1.54) is 0 Å². The summed E-state index contributed by atoms with van der Waals surface area (Å²) < 4.78 is 7.13. The number of methoxy groups -OCH3 is 1. The first-order chi connectivity index (χ1) is 8.58. The van der Waals surface area contributed by atoms with Crippen molar-refractivity contribution in [3.05, 3.63) is 35.2 Å². The lowest BCUT2D eigenvalue weighted by Crippen LogP contribution is -2.05. The van der Waals surface area contributed by atoms with Gasteiger partial charge in [0.15, 0.2) is 0 Å². The van der Waals surface area contributed by atoms with Crippen LogP contribution in [0.4, 0.5) is 0 Å². The lowest BCUT2D eigenvalue weighted by molar-refractivity contribution is 0.412. The van der Waals surface area contributed by atoms with Crippen molar-refractivity contribution in [1.82, 2.24) is 9.78 Å². The standard InChI is InChI=1S/C14H19N3O/c1-9-7-11(5-6-13(9)18-4)14-10(2)16-17(3)12(14)8-15/h5-7H,8,15H2,1-4H3. The summed E-state index contributed by atoms with van der Waals surface area (Å²) in [5.41, 5.74) is 11.2. The van der Waals surface area contributed by atoms with E-state index in [-0.39, 0.29) is 0 Å². The van der Waals surface area contributed by atoms with E-state index in [2.05, 4.69) is 17.2 Å². The summed E-state index contributed by atoms with van der Waals surface area (Å²) in [6.07, 6.45) is 0. The fourth-order valence-electron chi connectivity index (χ4n) is 2.35. The predicted molar refractivity (Wildman–Crippen MR) is 72.6 cm³/mol. The molecule has 0 saturated carbocycles. The number of nitrogens with zero attached hydrogens (tertiary/aromatic N) is 2. The van der Waals surface area contributed by atoms with Crippen LogP contribution in [0.5, 0.6) is 5.75 Å². The molecule has 96 valence electrons. The summed E-state index contributed by atoms with van der Waals surface area (Å²) in [6, 6.07) is 6.15. The largest absolute Gasteiger partial charge is 0.496 e. The molecular formula is C14H19N3O. The number of hydrogen-bond acceptors (Lipinski definition) is 3. The first kappa shape index (κ1) is 12.6. The predicted octanol–water partition coefficient (Wildman–Crippen LogP) is 2.17. The lowest BCUT2D eigenvalue weighted by Gasteiger charge is -2.09. The van der Waals surface area contributed by atoms with Crippen molar-refractivity contribution in [2.24, 2.45) is 12.8 Å². The van der Waals surface area contributed by atoms with Crippen LogP contribution >= 0.6 is 0 Å². The first-order valence-corrected chi connectivity index (χ1v) is 5.96. The summed E-state index contributed by atoms with van der Waals surface area (Å²) in [4.78, 5) is 0. The van der Waals surface area contributed by atoms with Gasteiger partial charge in [0, 0.05) is 19.2 Å². The molecule has 0 amide bonds. The first-order valence-electron chi connectivity index (χ1n) is 5.96. The number of aryl methyl sites for hydroxylation is 3. The normalized spacial score (nSPS) is 10.7. The molecule has 1 aromatic carbocycles. The van der Waals surface area contributed by atoms with Crippen LogP contribution in [0.15, 0.2) is 18.2 Å². The molecule has 0 bridgehead atoms. The topological polar surface area (TPSA) is 53.1 Å². The quantitative estimate of drug-likeness (QED) is 0.901. The summed E-state index contributed by atoms with van der Waals surface area (Å²) in [5, 5.41) is 4.44. The maximum atomic E-state index is 5.81. The Labute approximate surface area is 107 Å². The van der Waals surface area contributed by atoms with Gasteiger partial charge in [0.25, 0.3) is 0 Å². The fourth-order valence-corrected chi connectivity index (χ4v) is 2.35. The molecule has 0 spiro atoms. The Balaban J connectivity index is 2.58. The van der Waals surface area contributed by atoms with Crippen molar-refractivity contribution in [2.45, 2.75) is 20.4 Å². The Morgan fingerprint density at radius 1 is 1.33 bits per heavy atom. The highest BCUT2D eigenvalue weighted by molar-refractivity contribution is 5.70. The van der Waals surface area contributed by atoms with Crippen LogP contribution in [0.3, 0.4) is 0 Å². The van der Waals surface area contributed by atoms with Crippen molar-refractivity contribution >= 4 is 0 Å². The molecule has 2 rings (SSSR count). The van der Waals surface area contributed by atoms with Crippen molar-refractivity contribution in [1.29, 1.82) is 0 Å². The van der Waals surface area contributed by atoms with Crippen LogP contribution in [0.25, 0.3) is 11.1 Å². The van der Waals surface area contributed by atoms with Crippen molar-refractivity contribution in [3.63, 3.8) is 0 Å². The van der Waals surface area contributed by atoms with Gasteiger partial charge in [-0.2, -0.15) is 5.10 Å². The van der Waals surface area contributed by atoms with Gasteiger partial charge in [-0.1, -0.05) is 6.07 Å². The molecular weight excluding hydrogens is 226 g/mol. The second-order valence-electron chi connectivity index (χ2n) is 4.42. The molecule has 1 heterocycles. The zero-order valence-corrected chi connectivity index (χ0v) is 11.3. The highest BCUT2D eigenvalue weighted by Gasteiger charge is 2.14. The van der Waals surface area contributed by atoms with Crippen LogP contribution in [-0.2, 0) is 13.6 Å². The van der Waals surface area contributed by atoms with Gasteiger partial charge in [0.2, 0.25) is 0 Å². The molecule has 0 aliphatic heterocycles. The highest BCUT2D eigenvalue weighted by atomic mass is 16.5. The van der Waals surface area contributed by atoms with Crippen molar-refractivity contribution in [2.75, 3.05) is 7.11 Å². The maximum absolute atomic E-state index is 5.81. The fraction of sp³-hybridized carbons (Fsp3) is 0.357. The molecule has 2 N–H and O–H groups in total. The molecule has 0 aliphatic carbocycles. The minimum absolute atomic E-state index is 0.484. The smallest absolute Gasteiger partial charge is 0.121 e. The number of hydrogen-bond donors (Lipinski definition) is 1. The Kier molecular flexibility index (Phi) is 3.39. The third-order valence-corrected chi connectivity index (χ3v) is 3.22. The monoisotopic (exact) mass is 245 g/mol. The van der Waals surface area contributed by atoms with Gasteiger partial charge in [-0.3, -0.25) is 4.68 Å². The third kappa shape index (κ3) is 1.99. The lowest BCUT2D eigenvalue weighted by atomic mass is 10.0. The van der Waals surface area contributed by atoms with Crippen LogP contribution in [0, 0.1) is 13.8 Å². The summed E-state index contributed by atoms with van der Waals surface area (Å²) in [5.74, 6) is 0.898. The van der Waals surface area contributed by atoms with E-state index in [1.54, 1.807) is 7.11 Å². The molecule has 0 fully saturated rings. The highest BCUT2D eigenvalue weighted by Crippen LogP contribution is 2.30. The van der Waals surface area contributed by atoms with Crippen molar-refractivity contribution < 1.29 is 4.74 Å². The summed E-state index contributed by atoms with van der Waals surface area (Å²) >= 11 is 0. The molecule has 18 heavy (non-hydrogen) atoms. The Hall–Kier alpha value is -1.81. The number of aromatic nitrogens is 2. The molecule has 0 aliphatic rings. The molecule has 2 aromatic rings. The Morgan fingerprint density at radius 3 is 2.61 bits per heavy atom. The number of benzene rings is 1. The van der Waals surface area contributed by atoms with Crippen LogP contribution in [0.1, 0.15) is 17.0 Å². The number of rotatable bonds is 3. The van der Waals surface area contributed by atoms with Gasteiger partial charge in [-0.05, 0) is 37.1 Å². The van der Waals surface area contributed by atoms with Gasteiger partial charge < -0.3 is 10.5 Å². The summed E-state index contributed by atoms with van der Waals surface area (Å²) in [7, 11) is 3.61. The minimum Gasteiger partial charge on any atom is -0.496 e. The Bertz CT molecular complexity index is 573. The van der Waals surface area contributed by atoms with Gasteiger partial charge in [0.1, 0.15) is 5.75 Å². The number of ether oxygens (including phenoxy) is 1. The van der Waals surface area contributed by atoms with E-state index >= 15 is 0 Å². The van der Waals surface area contributed by atoms with Gasteiger partial charge in [-0.15, -0.1) is 0 Å². The summed E-state index contributed by atoms with van der Waals surface area (Å²) in [6.45, 7) is 4.53. The average Bonchev–Trinajstić information content (AvgIpc) is 2.63. The van der Waals surface area contributed by atoms with Crippen LogP contribution < -0.4 is 10.5 Å². The van der Waals surface area contributed by atoms with Crippen molar-refractivity contribution in [3.8, 4) is 16.9 Å². The average molecular weight is 245 g/mol. The van der Waals surface area contributed by atoms with Crippen LogP contribution in [-0.4, -0.2) is 16.9 Å². The Morgan fingerprint density at radius 2 is 2.06 bits per heavy atom. The van der Waals surface area contributed by atoms with E-state index in [0.717, 1.165) is 33.8 Å². The van der Waals surface area contributed by atoms with E-state index in [0.29, 0.717) is 6.54 Å². The van der Waals surface area contributed by atoms with E-state index in [4.69, 9.17) is 10.5 Å². The molecule has 4 nitrogen and oxygen atoms in total. The third-order valence-electron chi connectivity index (χ3n) is 3.22. The molecule has 0 saturated heterocycles. The molecule has 4 heteroatoms. The van der Waals surface area contributed by atoms with E-state index in [9.17, 15) is 0 Å². The SMILES string of the molecule is COc1ccc(-c2c(C)nn(C)c2CN)cc1C. The molecule has 0 atom stereocenters.